The summed E-state index contributed by atoms with van der Waals surface area (Å²) in [5.41, 5.74) is 35.6. The highest BCUT2D eigenvalue weighted by Gasteiger charge is 2.31. The Labute approximate surface area is 541 Å². The summed E-state index contributed by atoms with van der Waals surface area (Å²) in [7, 11) is 0. The highest BCUT2D eigenvalue weighted by molar-refractivity contribution is 6.17. The Hall–Kier alpha value is -11.7. The van der Waals surface area contributed by atoms with E-state index >= 15 is 0 Å². The predicted octanol–water partition coefficient (Wildman–Crippen LogP) is 25.6. The molecule has 0 unspecified atom stereocenters. The van der Waals surface area contributed by atoms with Crippen LogP contribution in [0.15, 0.2) is 364 Å². The lowest BCUT2D eigenvalue weighted by atomic mass is 9.74. The molecule has 0 radical (unpaired) electrons. The molecule has 0 bridgehead atoms. The van der Waals surface area contributed by atoms with Crippen LogP contribution in [-0.2, 0) is 0 Å². The quantitative estimate of drug-likeness (QED) is 0.102. The molecule has 0 spiro atoms. The summed E-state index contributed by atoms with van der Waals surface area (Å²) in [6.45, 7) is 4.52. The molecule has 0 heteroatoms. The Bertz CT molecular complexity index is 4500. The minimum atomic E-state index is 1.15. The minimum Gasteiger partial charge on any atom is -0.0622 e. The fourth-order valence-electron chi connectivity index (χ4n) is 14.1. The normalized spacial score (nSPS) is 11.2. The standard InChI is InChI=1S/C92H66/c1-63-61-64(2)80(66-55-59-78(60-56-66)92-89(75-49-29-11-30-50-75)85(71-41-21-7-22-42-71)82(68-35-15-4-16-36-68)86(72-43-23-8-24-44-72)90(92)76-51-31-12-32-52-76)62-79(63)65-53-57-77(58-54-65)91-87(73-45-25-9-26-46-73)83(69-37-17-5-18-38-69)81(67-33-13-3-14-34-67)84(70-39-19-6-20-40-70)88(91)74-47-27-10-28-48-74/h3-62H,1-2H3. The SMILES string of the molecule is Cc1cc(C)c(-c2ccc(-c3c(-c4ccccc4)c(-c4ccccc4)c(-c4ccccc4)c(-c4ccccc4)c3-c3ccccc3)cc2)cc1-c1ccc(-c2c(-c3ccccc3)c(-c3ccccc3)c(-c3ccccc3)c(-c3ccccc3)c2-c2ccccc2)cc1. The first-order valence-electron chi connectivity index (χ1n) is 31.9. The van der Waals surface area contributed by atoms with Crippen LogP contribution in [0.3, 0.4) is 0 Å². The molecule has 0 aromatic heterocycles. The van der Waals surface area contributed by atoms with Crippen LogP contribution in [0.2, 0.25) is 0 Å². The Morgan fingerprint density at radius 2 is 0.239 bits per heavy atom. The van der Waals surface area contributed by atoms with Gasteiger partial charge in [0.25, 0.3) is 0 Å². The number of benzene rings is 15. The van der Waals surface area contributed by atoms with E-state index in [0.29, 0.717) is 0 Å². The molecule has 15 aromatic rings. The number of hydrogen-bond donors (Lipinski definition) is 0. The monoisotopic (exact) mass is 1170 g/mol. The van der Waals surface area contributed by atoms with Crippen molar-refractivity contribution in [3.8, 4) is 156 Å². The summed E-state index contributed by atoms with van der Waals surface area (Å²) in [6, 6.07) is 134. The van der Waals surface area contributed by atoms with Gasteiger partial charge in [-0.05, 0) is 187 Å². The van der Waals surface area contributed by atoms with Crippen LogP contribution in [0.4, 0.5) is 0 Å². The third-order valence-corrected chi connectivity index (χ3v) is 18.2. The van der Waals surface area contributed by atoms with Crippen LogP contribution >= 0.6 is 0 Å². The third-order valence-electron chi connectivity index (χ3n) is 18.2. The predicted molar refractivity (Wildman–Crippen MR) is 392 cm³/mol. The van der Waals surface area contributed by atoms with Crippen LogP contribution in [0.5, 0.6) is 0 Å². The van der Waals surface area contributed by atoms with E-state index in [1.54, 1.807) is 0 Å². The van der Waals surface area contributed by atoms with Crippen LogP contribution in [-0.4, -0.2) is 0 Å². The van der Waals surface area contributed by atoms with Gasteiger partial charge in [0.2, 0.25) is 0 Å². The fourth-order valence-corrected chi connectivity index (χ4v) is 14.1. The van der Waals surface area contributed by atoms with Gasteiger partial charge >= 0.3 is 0 Å². The lowest BCUT2D eigenvalue weighted by Gasteiger charge is -2.29. The van der Waals surface area contributed by atoms with Crippen molar-refractivity contribution in [1.29, 1.82) is 0 Å². The first kappa shape index (κ1) is 56.8. The van der Waals surface area contributed by atoms with E-state index in [-0.39, 0.29) is 0 Å². The molecule has 0 aliphatic carbocycles. The third kappa shape index (κ3) is 10.8. The van der Waals surface area contributed by atoms with Gasteiger partial charge in [-0.2, -0.15) is 0 Å². The smallest absolute Gasteiger partial charge is 0.00139 e. The van der Waals surface area contributed by atoms with Gasteiger partial charge in [-0.15, -0.1) is 0 Å². The summed E-state index contributed by atoms with van der Waals surface area (Å²) < 4.78 is 0. The highest BCUT2D eigenvalue weighted by atomic mass is 14.3. The average molecular weight is 1170 g/mol. The molecular formula is C92H66. The molecular weight excluding hydrogens is 1110 g/mol. The topological polar surface area (TPSA) is 0 Å². The molecule has 0 N–H and O–H groups in total. The van der Waals surface area contributed by atoms with Gasteiger partial charge in [0.15, 0.2) is 0 Å². The van der Waals surface area contributed by atoms with E-state index in [0.717, 1.165) is 33.4 Å². The molecule has 0 saturated carbocycles. The second-order valence-corrected chi connectivity index (χ2v) is 23.8. The Morgan fingerprint density at radius 3 is 0.380 bits per heavy atom. The van der Waals surface area contributed by atoms with Gasteiger partial charge in [-0.25, -0.2) is 0 Å². The van der Waals surface area contributed by atoms with E-state index in [1.807, 2.05) is 0 Å². The molecule has 0 atom stereocenters. The molecule has 0 aliphatic heterocycles. The maximum Gasteiger partial charge on any atom is -0.00139 e. The van der Waals surface area contributed by atoms with Crippen molar-refractivity contribution >= 4 is 0 Å². The van der Waals surface area contributed by atoms with Crippen molar-refractivity contribution < 1.29 is 0 Å². The zero-order valence-electron chi connectivity index (χ0n) is 51.6. The summed E-state index contributed by atoms with van der Waals surface area (Å²) in [6.07, 6.45) is 0. The summed E-state index contributed by atoms with van der Waals surface area (Å²) >= 11 is 0. The minimum absolute atomic E-state index is 1.15. The van der Waals surface area contributed by atoms with Crippen molar-refractivity contribution in [2.45, 2.75) is 13.8 Å². The maximum absolute atomic E-state index is 2.43. The van der Waals surface area contributed by atoms with Gasteiger partial charge in [-0.3, -0.25) is 0 Å². The highest BCUT2D eigenvalue weighted by Crippen LogP contribution is 2.58. The maximum atomic E-state index is 2.43. The van der Waals surface area contributed by atoms with E-state index in [1.165, 1.54) is 134 Å². The van der Waals surface area contributed by atoms with Gasteiger partial charge in [0.05, 0.1) is 0 Å². The Kier molecular flexibility index (Phi) is 15.7. The van der Waals surface area contributed by atoms with Crippen LogP contribution < -0.4 is 0 Å². The zero-order valence-corrected chi connectivity index (χ0v) is 51.6. The molecule has 92 heavy (non-hydrogen) atoms. The molecule has 0 fully saturated rings. The van der Waals surface area contributed by atoms with Crippen molar-refractivity contribution in [2.75, 3.05) is 0 Å². The van der Waals surface area contributed by atoms with Crippen LogP contribution in [0, 0.1) is 13.8 Å². The summed E-state index contributed by atoms with van der Waals surface area (Å²) in [4.78, 5) is 0. The Morgan fingerprint density at radius 1 is 0.120 bits per heavy atom. The number of rotatable bonds is 14. The Balaban J connectivity index is 0.927. The molecule has 15 aromatic carbocycles. The largest absolute Gasteiger partial charge is 0.0622 e. The summed E-state index contributed by atoms with van der Waals surface area (Å²) in [5, 5.41) is 0. The molecule has 0 aliphatic rings. The van der Waals surface area contributed by atoms with E-state index in [4.69, 9.17) is 0 Å². The van der Waals surface area contributed by atoms with Crippen molar-refractivity contribution in [1.82, 2.24) is 0 Å². The molecule has 0 amide bonds. The number of hydrogen-bond acceptors (Lipinski definition) is 0. The van der Waals surface area contributed by atoms with E-state index in [9.17, 15) is 0 Å². The lowest BCUT2D eigenvalue weighted by Crippen LogP contribution is -2.02. The van der Waals surface area contributed by atoms with Crippen LogP contribution in [0.25, 0.3) is 156 Å². The van der Waals surface area contributed by atoms with Gasteiger partial charge in [-0.1, -0.05) is 358 Å². The molecule has 0 saturated heterocycles. The first-order chi connectivity index (χ1) is 45.6. The van der Waals surface area contributed by atoms with Gasteiger partial charge in [0.1, 0.15) is 0 Å². The second kappa shape index (κ2) is 25.4. The zero-order chi connectivity index (χ0) is 61.7. The van der Waals surface area contributed by atoms with Crippen molar-refractivity contribution in [3.05, 3.63) is 375 Å². The van der Waals surface area contributed by atoms with Crippen molar-refractivity contribution in [2.24, 2.45) is 0 Å². The lowest BCUT2D eigenvalue weighted by molar-refractivity contribution is 1.38. The van der Waals surface area contributed by atoms with Crippen molar-refractivity contribution in [3.63, 3.8) is 0 Å². The molecule has 0 nitrogen and oxygen atoms in total. The van der Waals surface area contributed by atoms with Gasteiger partial charge in [0, 0.05) is 0 Å². The van der Waals surface area contributed by atoms with E-state index < -0.39 is 0 Å². The first-order valence-corrected chi connectivity index (χ1v) is 31.9. The summed E-state index contributed by atoms with van der Waals surface area (Å²) in [5.74, 6) is 0. The fraction of sp³-hybridized carbons (Fsp3) is 0.0217. The molecule has 0 heterocycles. The average Bonchev–Trinajstić information content (AvgIpc) is 0.730. The molecule has 15 rings (SSSR count). The van der Waals surface area contributed by atoms with E-state index in [2.05, 4.69) is 378 Å². The van der Waals surface area contributed by atoms with Gasteiger partial charge < -0.3 is 0 Å². The van der Waals surface area contributed by atoms with Crippen LogP contribution in [0.1, 0.15) is 11.1 Å². The molecule has 434 valence electrons. The number of aryl methyl sites for hydroxylation is 2. The second-order valence-electron chi connectivity index (χ2n) is 23.8.